The molecule has 0 saturated carbocycles. The lowest BCUT2D eigenvalue weighted by molar-refractivity contribution is -0.0268. The number of aliphatic hydroxyl groups excluding tert-OH is 3. The fraction of sp³-hybridized carbons (Fsp3) is 0.429. The van der Waals surface area contributed by atoms with Crippen LogP contribution in [0.1, 0.15) is 11.9 Å². The normalized spacial score (nSPS) is 15.3. The number of aromatic nitrogens is 1. The van der Waals surface area contributed by atoms with Gasteiger partial charge in [-0.1, -0.05) is 0 Å². The first kappa shape index (κ1) is 9.85. The number of rotatable bonds is 3. The molecule has 6 heteroatoms. The van der Waals surface area contributed by atoms with Crippen LogP contribution in [0.4, 0.5) is 0 Å². The molecule has 1 heterocycles. The van der Waals surface area contributed by atoms with Crippen molar-refractivity contribution in [3.63, 3.8) is 0 Å². The third kappa shape index (κ3) is 2.35. The van der Waals surface area contributed by atoms with Gasteiger partial charge in [0.1, 0.15) is 18.0 Å². The van der Waals surface area contributed by atoms with Gasteiger partial charge in [0, 0.05) is 6.20 Å². The number of hydrogen-bond donors (Lipinski definition) is 3. The van der Waals surface area contributed by atoms with Gasteiger partial charge < -0.3 is 19.7 Å². The Morgan fingerprint density at radius 3 is 2.77 bits per heavy atom. The quantitative estimate of drug-likeness (QED) is 0.527. The molecule has 1 rings (SSSR count). The van der Waals surface area contributed by atoms with E-state index < -0.39 is 24.6 Å². The van der Waals surface area contributed by atoms with Crippen LogP contribution in [0.3, 0.4) is 0 Å². The molecule has 0 unspecified atom stereocenters. The highest BCUT2D eigenvalue weighted by Gasteiger charge is 2.19. The van der Waals surface area contributed by atoms with Gasteiger partial charge in [0.15, 0.2) is 0 Å². The summed E-state index contributed by atoms with van der Waals surface area (Å²) in [5.41, 5.74) is 0. The van der Waals surface area contributed by atoms with Crippen LogP contribution in [0.15, 0.2) is 21.5 Å². The van der Waals surface area contributed by atoms with E-state index in [4.69, 9.17) is 10.2 Å². The summed E-state index contributed by atoms with van der Waals surface area (Å²) in [6, 6.07) is 1.24. The highest BCUT2D eigenvalue weighted by Crippen LogP contribution is 2.13. The fourth-order valence-electron chi connectivity index (χ4n) is 0.781. The van der Waals surface area contributed by atoms with Gasteiger partial charge in [-0.2, -0.15) is 4.98 Å². The summed E-state index contributed by atoms with van der Waals surface area (Å²) < 4.78 is 4.47. The molecule has 3 N–H and O–H groups in total. The minimum atomic E-state index is -1.42. The first-order chi connectivity index (χ1) is 6.15. The topological polar surface area (TPSA) is 104 Å². The molecule has 0 aliphatic rings. The third-order valence-electron chi connectivity index (χ3n) is 1.47. The number of hydrogen-bond acceptors (Lipinski definition) is 6. The smallest absolute Gasteiger partial charge is 0.410 e. The van der Waals surface area contributed by atoms with Gasteiger partial charge >= 0.3 is 5.76 Å². The van der Waals surface area contributed by atoms with E-state index in [2.05, 4.69) is 9.40 Å². The predicted octanol–water partition coefficient (Wildman–Crippen LogP) is -1.58. The van der Waals surface area contributed by atoms with Crippen LogP contribution < -0.4 is 5.76 Å². The third-order valence-corrected chi connectivity index (χ3v) is 1.47. The zero-order valence-electron chi connectivity index (χ0n) is 6.62. The van der Waals surface area contributed by atoms with E-state index in [-0.39, 0.29) is 5.76 Å². The highest BCUT2D eigenvalue weighted by molar-refractivity contribution is 4.99. The molecule has 1 aromatic rings. The van der Waals surface area contributed by atoms with Crippen molar-refractivity contribution in [2.45, 2.75) is 12.2 Å². The molecular weight excluding hydrogens is 178 g/mol. The molecule has 0 bridgehead atoms. The van der Waals surface area contributed by atoms with E-state index in [0.717, 1.165) is 6.20 Å². The highest BCUT2D eigenvalue weighted by atomic mass is 16.4. The summed E-state index contributed by atoms with van der Waals surface area (Å²) in [4.78, 5) is 13.8. The molecule has 13 heavy (non-hydrogen) atoms. The standard InChI is InChI=1S/C7H9NO5/c9-3-4(10)6(11)5-1-2-8-7(12)13-5/h1-2,4,6,9-11H,3H2/t4-,6-/m1/s1. The van der Waals surface area contributed by atoms with E-state index in [1.54, 1.807) is 0 Å². The summed E-state index contributed by atoms with van der Waals surface area (Å²) in [5.74, 6) is -0.983. The van der Waals surface area contributed by atoms with Crippen LogP contribution >= 0.6 is 0 Å². The number of nitrogens with zero attached hydrogens (tertiary/aromatic N) is 1. The van der Waals surface area contributed by atoms with E-state index in [9.17, 15) is 9.90 Å². The zero-order chi connectivity index (χ0) is 9.84. The van der Waals surface area contributed by atoms with E-state index >= 15 is 0 Å². The monoisotopic (exact) mass is 187 g/mol. The van der Waals surface area contributed by atoms with Crippen LogP contribution in [0.25, 0.3) is 0 Å². The van der Waals surface area contributed by atoms with E-state index in [1.807, 2.05) is 0 Å². The summed E-state index contributed by atoms with van der Waals surface area (Å²) in [6.45, 7) is -0.618. The Kier molecular flexibility index (Phi) is 3.13. The second kappa shape index (κ2) is 4.13. The lowest BCUT2D eigenvalue weighted by Crippen LogP contribution is -2.23. The van der Waals surface area contributed by atoms with Gasteiger partial charge in [-0.3, -0.25) is 0 Å². The molecule has 0 amide bonds. The van der Waals surface area contributed by atoms with Crippen LogP contribution in [0.2, 0.25) is 0 Å². The van der Waals surface area contributed by atoms with Gasteiger partial charge in [-0.15, -0.1) is 0 Å². The van der Waals surface area contributed by atoms with E-state index in [1.165, 1.54) is 6.07 Å². The summed E-state index contributed by atoms with van der Waals surface area (Å²) in [5, 5.41) is 26.7. The lowest BCUT2D eigenvalue weighted by atomic mass is 10.1. The molecule has 0 radical (unpaired) electrons. The van der Waals surface area contributed by atoms with Crippen molar-refractivity contribution >= 4 is 0 Å². The first-order valence-electron chi connectivity index (χ1n) is 3.58. The van der Waals surface area contributed by atoms with Crippen molar-refractivity contribution in [2.75, 3.05) is 6.61 Å². The first-order valence-corrected chi connectivity index (χ1v) is 3.58. The maximum atomic E-state index is 10.6. The van der Waals surface area contributed by atoms with Crippen LogP contribution in [0, 0.1) is 0 Å². The average molecular weight is 187 g/mol. The van der Waals surface area contributed by atoms with Gasteiger partial charge in [0.2, 0.25) is 0 Å². The Hall–Kier alpha value is -1.24. The van der Waals surface area contributed by atoms with Crippen LogP contribution in [0.5, 0.6) is 0 Å². The molecule has 0 saturated heterocycles. The van der Waals surface area contributed by atoms with Crippen LogP contribution in [-0.4, -0.2) is 33.0 Å². The van der Waals surface area contributed by atoms with Gasteiger partial charge in [0.25, 0.3) is 0 Å². The van der Waals surface area contributed by atoms with Crippen molar-refractivity contribution in [2.24, 2.45) is 0 Å². The SMILES string of the molecule is O=c1nccc([C@H](O)[C@H](O)CO)o1. The fourth-order valence-corrected chi connectivity index (χ4v) is 0.781. The minimum absolute atomic E-state index is 0.124. The Bertz CT molecular complexity index is 323. The summed E-state index contributed by atoms with van der Waals surface area (Å²) >= 11 is 0. The molecule has 1 aromatic heterocycles. The van der Waals surface area contributed by atoms with Crippen molar-refractivity contribution in [3.8, 4) is 0 Å². The number of aliphatic hydroxyl groups is 3. The maximum Gasteiger partial charge on any atom is 0.438 e. The maximum absolute atomic E-state index is 10.6. The largest absolute Gasteiger partial charge is 0.438 e. The molecule has 0 fully saturated rings. The zero-order valence-corrected chi connectivity index (χ0v) is 6.62. The molecule has 72 valence electrons. The van der Waals surface area contributed by atoms with Gasteiger partial charge in [-0.05, 0) is 6.07 Å². The van der Waals surface area contributed by atoms with Crippen LogP contribution in [-0.2, 0) is 0 Å². The average Bonchev–Trinajstić information content (AvgIpc) is 2.15. The molecule has 0 spiro atoms. The Balaban J connectivity index is 2.88. The Morgan fingerprint density at radius 2 is 2.23 bits per heavy atom. The van der Waals surface area contributed by atoms with Crippen molar-refractivity contribution in [3.05, 3.63) is 28.6 Å². The van der Waals surface area contributed by atoms with E-state index in [0.29, 0.717) is 0 Å². The van der Waals surface area contributed by atoms with Crippen molar-refractivity contribution in [1.82, 2.24) is 4.98 Å². The second-order valence-corrected chi connectivity index (χ2v) is 2.41. The molecule has 6 nitrogen and oxygen atoms in total. The second-order valence-electron chi connectivity index (χ2n) is 2.41. The summed E-state index contributed by atoms with van der Waals surface area (Å²) in [6.07, 6.45) is -1.64. The minimum Gasteiger partial charge on any atom is -0.410 e. The molecule has 0 aliphatic heterocycles. The van der Waals surface area contributed by atoms with Crippen molar-refractivity contribution < 1.29 is 19.7 Å². The van der Waals surface area contributed by atoms with Crippen molar-refractivity contribution in [1.29, 1.82) is 0 Å². The van der Waals surface area contributed by atoms with Gasteiger partial charge in [-0.25, -0.2) is 4.79 Å². The Morgan fingerprint density at radius 1 is 1.54 bits per heavy atom. The molecule has 2 atom stereocenters. The predicted molar refractivity (Wildman–Crippen MR) is 40.8 cm³/mol. The molecular formula is C7H9NO5. The molecule has 0 aliphatic carbocycles. The lowest BCUT2D eigenvalue weighted by Gasteiger charge is -2.13. The van der Waals surface area contributed by atoms with Gasteiger partial charge in [0.05, 0.1) is 6.61 Å². The summed E-state index contributed by atoms with van der Waals surface area (Å²) in [7, 11) is 0. The molecule has 0 aromatic carbocycles. The Labute approximate surface area is 73.1 Å².